The Balaban J connectivity index is 2.13. The van der Waals surface area contributed by atoms with Crippen LogP contribution in [-0.2, 0) is 0 Å². The maximum Gasteiger partial charge on any atom is 0.118 e. The number of hydrogen-bond donors (Lipinski definition) is 1. The fourth-order valence-corrected chi connectivity index (χ4v) is 2.04. The minimum absolute atomic E-state index is 0.596. The zero-order valence-electron chi connectivity index (χ0n) is 12.7. The standard InChI is InChI=1S/C18H21NO2/c1-18(2,17(20)15-7-5-4-6-8-15)19-13-14-9-11-16(21-3)12-10-14/h4-13,17,20H,1-3H3. The lowest BCUT2D eigenvalue weighted by Gasteiger charge is -2.26. The Bertz CT molecular complexity index is 588. The number of methoxy groups -OCH3 is 1. The van der Waals surface area contributed by atoms with Gasteiger partial charge in [-0.2, -0.15) is 0 Å². The Morgan fingerprint density at radius 1 is 1.05 bits per heavy atom. The summed E-state index contributed by atoms with van der Waals surface area (Å²) >= 11 is 0. The summed E-state index contributed by atoms with van der Waals surface area (Å²) in [5.41, 5.74) is 1.25. The molecule has 0 fully saturated rings. The Labute approximate surface area is 125 Å². The van der Waals surface area contributed by atoms with Gasteiger partial charge in [0.05, 0.1) is 12.6 Å². The van der Waals surface area contributed by atoms with Crippen LogP contribution >= 0.6 is 0 Å². The molecule has 21 heavy (non-hydrogen) atoms. The number of hydrogen-bond acceptors (Lipinski definition) is 3. The lowest BCUT2D eigenvalue weighted by atomic mass is 9.92. The first-order valence-corrected chi connectivity index (χ1v) is 6.95. The monoisotopic (exact) mass is 283 g/mol. The van der Waals surface area contributed by atoms with Crippen molar-refractivity contribution in [2.24, 2.45) is 4.99 Å². The molecule has 2 aromatic rings. The van der Waals surface area contributed by atoms with Gasteiger partial charge in [0.2, 0.25) is 0 Å². The zero-order chi connectivity index (χ0) is 15.3. The van der Waals surface area contributed by atoms with E-state index in [1.165, 1.54) is 0 Å². The summed E-state index contributed by atoms with van der Waals surface area (Å²) in [6.07, 6.45) is 1.14. The Hall–Kier alpha value is -2.13. The van der Waals surface area contributed by atoms with Crippen LogP contribution in [0.2, 0.25) is 0 Å². The van der Waals surface area contributed by atoms with Gasteiger partial charge in [0, 0.05) is 6.21 Å². The first-order valence-electron chi connectivity index (χ1n) is 6.95. The summed E-state index contributed by atoms with van der Waals surface area (Å²) in [7, 11) is 1.64. The van der Waals surface area contributed by atoms with Crippen LogP contribution in [0.25, 0.3) is 0 Å². The van der Waals surface area contributed by atoms with E-state index in [9.17, 15) is 5.11 Å². The molecule has 3 nitrogen and oxygen atoms in total. The molecule has 0 saturated heterocycles. The smallest absolute Gasteiger partial charge is 0.118 e. The number of nitrogens with zero attached hydrogens (tertiary/aromatic N) is 1. The second kappa shape index (κ2) is 6.55. The zero-order valence-corrected chi connectivity index (χ0v) is 12.7. The molecule has 1 unspecified atom stereocenters. The molecule has 0 amide bonds. The van der Waals surface area contributed by atoms with Gasteiger partial charge in [-0.3, -0.25) is 4.99 Å². The van der Waals surface area contributed by atoms with Crippen molar-refractivity contribution in [3.05, 3.63) is 65.7 Å². The lowest BCUT2D eigenvalue weighted by molar-refractivity contribution is 0.106. The highest BCUT2D eigenvalue weighted by atomic mass is 16.5. The van der Waals surface area contributed by atoms with Crippen molar-refractivity contribution in [2.45, 2.75) is 25.5 Å². The maximum absolute atomic E-state index is 10.5. The third-order valence-corrected chi connectivity index (χ3v) is 3.45. The Kier molecular flexibility index (Phi) is 4.76. The van der Waals surface area contributed by atoms with Crippen molar-refractivity contribution in [2.75, 3.05) is 7.11 Å². The van der Waals surface area contributed by atoms with Gasteiger partial charge < -0.3 is 9.84 Å². The van der Waals surface area contributed by atoms with Gasteiger partial charge in [0.15, 0.2) is 0 Å². The van der Waals surface area contributed by atoms with Crippen molar-refractivity contribution < 1.29 is 9.84 Å². The van der Waals surface area contributed by atoms with Crippen molar-refractivity contribution in [1.29, 1.82) is 0 Å². The van der Waals surface area contributed by atoms with Crippen LogP contribution in [-0.4, -0.2) is 24.0 Å². The van der Waals surface area contributed by atoms with Crippen LogP contribution in [0.4, 0.5) is 0 Å². The molecule has 0 spiro atoms. The van der Waals surface area contributed by atoms with Crippen molar-refractivity contribution in [3.8, 4) is 5.75 Å². The number of ether oxygens (including phenoxy) is 1. The number of rotatable bonds is 5. The number of aliphatic hydroxyl groups excluding tert-OH is 1. The SMILES string of the molecule is COc1ccc(C=NC(C)(C)C(O)c2ccccc2)cc1. The van der Waals surface area contributed by atoms with Crippen LogP contribution in [0.1, 0.15) is 31.1 Å². The Morgan fingerprint density at radius 2 is 1.67 bits per heavy atom. The van der Waals surface area contributed by atoms with E-state index in [0.29, 0.717) is 0 Å². The summed E-state index contributed by atoms with van der Waals surface area (Å²) in [5, 5.41) is 10.5. The van der Waals surface area contributed by atoms with Gasteiger partial charge >= 0.3 is 0 Å². The molecule has 2 aromatic carbocycles. The molecule has 1 atom stereocenters. The number of benzene rings is 2. The molecule has 0 radical (unpaired) electrons. The number of aliphatic imine (C=N–C) groups is 1. The molecule has 3 heteroatoms. The topological polar surface area (TPSA) is 41.8 Å². The highest BCUT2D eigenvalue weighted by Gasteiger charge is 2.27. The predicted molar refractivity (Wildman–Crippen MR) is 86.1 cm³/mol. The fourth-order valence-electron chi connectivity index (χ4n) is 2.04. The minimum atomic E-state index is -0.645. The molecular weight excluding hydrogens is 262 g/mol. The normalized spacial score (nSPS) is 13.3. The van der Waals surface area contributed by atoms with E-state index in [4.69, 9.17) is 4.74 Å². The predicted octanol–water partition coefficient (Wildman–Crippen LogP) is 3.63. The Morgan fingerprint density at radius 3 is 2.24 bits per heavy atom. The molecule has 0 aliphatic heterocycles. The van der Waals surface area contributed by atoms with Gasteiger partial charge in [0.1, 0.15) is 11.9 Å². The molecule has 0 aliphatic rings. The van der Waals surface area contributed by atoms with Crippen LogP contribution in [0.3, 0.4) is 0 Å². The van der Waals surface area contributed by atoms with Crippen molar-refractivity contribution in [3.63, 3.8) is 0 Å². The number of aliphatic hydroxyl groups is 1. The molecule has 0 aliphatic carbocycles. The molecule has 0 bridgehead atoms. The van der Waals surface area contributed by atoms with Gasteiger partial charge in [-0.1, -0.05) is 30.3 Å². The fraction of sp³-hybridized carbons (Fsp3) is 0.278. The third kappa shape index (κ3) is 3.92. The molecule has 0 saturated carbocycles. The molecular formula is C18H21NO2. The van der Waals surface area contributed by atoms with Crippen LogP contribution in [0.15, 0.2) is 59.6 Å². The summed E-state index contributed by atoms with van der Waals surface area (Å²) in [4.78, 5) is 4.54. The summed E-state index contributed by atoms with van der Waals surface area (Å²) in [5.74, 6) is 0.815. The molecule has 110 valence electrons. The highest BCUT2D eigenvalue weighted by molar-refractivity contribution is 5.80. The quantitative estimate of drug-likeness (QED) is 0.851. The van der Waals surface area contributed by atoms with E-state index in [0.717, 1.165) is 16.9 Å². The summed E-state index contributed by atoms with van der Waals surface area (Å²) in [6, 6.07) is 17.3. The van der Waals surface area contributed by atoms with E-state index < -0.39 is 11.6 Å². The van der Waals surface area contributed by atoms with Gasteiger partial charge in [-0.25, -0.2) is 0 Å². The second-order valence-corrected chi connectivity index (χ2v) is 5.50. The van der Waals surface area contributed by atoms with E-state index in [2.05, 4.69) is 4.99 Å². The largest absolute Gasteiger partial charge is 0.497 e. The van der Waals surface area contributed by atoms with Gasteiger partial charge in [-0.05, 0) is 49.2 Å². The van der Waals surface area contributed by atoms with E-state index >= 15 is 0 Å². The van der Waals surface area contributed by atoms with E-state index in [1.807, 2.05) is 68.4 Å². The molecule has 0 aromatic heterocycles. The average molecular weight is 283 g/mol. The van der Waals surface area contributed by atoms with E-state index in [1.54, 1.807) is 13.3 Å². The first-order chi connectivity index (χ1) is 10.0. The molecule has 2 rings (SSSR count). The molecule has 1 N–H and O–H groups in total. The lowest BCUT2D eigenvalue weighted by Crippen LogP contribution is -2.27. The second-order valence-electron chi connectivity index (χ2n) is 5.50. The van der Waals surface area contributed by atoms with Crippen LogP contribution in [0, 0.1) is 0 Å². The van der Waals surface area contributed by atoms with E-state index in [-0.39, 0.29) is 0 Å². The minimum Gasteiger partial charge on any atom is -0.497 e. The summed E-state index contributed by atoms with van der Waals surface area (Å²) < 4.78 is 5.13. The van der Waals surface area contributed by atoms with Crippen molar-refractivity contribution in [1.82, 2.24) is 0 Å². The average Bonchev–Trinajstić information content (AvgIpc) is 2.53. The van der Waals surface area contributed by atoms with Gasteiger partial charge in [0.25, 0.3) is 0 Å². The van der Waals surface area contributed by atoms with Gasteiger partial charge in [-0.15, -0.1) is 0 Å². The van der Waals surface area contributed by atoms with Crippen LogP contribution < -0.4 is 4.74 Å². The van der Waals surface area contributed by atoms with Crippen molar-refractivity contribution >= 4 is 6.21 Å². The highest BCUT2D eigenvalue weighted by Crippen LogP contribution is 2.28. The first kappa shape index (κ1) is 15.3. The van der Waals surface area contributed by atoms with Crippen LogP contribution in [0.5, 0.6) is 5.75 Å². The summed E-state index contributed by atoms with van der Waals surface area (Å²) in [6.45, 7) is 3.84. The third-order valence-electron chi connectivity index (χ3n) is 3.45. The maximum atomic E-state index is 10.5. The molecule has 0 heterocycles.